The summed E-state index contributed by atoms with van der Waals surface area (Å²) in [7, 11) is 0. The summed E-state index contributed by atoms with van der Waals surface area (Å²) in [6.07, 6.45) is 5.44. The quantitative estimate of drug-likeness (QED) is 0.710. The molecule has 2 unspecified atom stereocenters. The van der Waals surface area contributed by atoms with Crippen LogP contribution in [-0.2, 0) is 0 Å². The Kier molecular flexibility index (Phi) is 5.31. The van der Waals surface area contributed by atoms with E-state index in [4.69, 9.17) is 11.5 Å². The lowest BCUT2D eigenvalue weighted by Gasteiger charge is -2.35. The van der Waals surface area contributed by atoms with E-state index in [9.17, 15) is 9.18 Å². The minimum absolute atomic E-state index is 0.00365. The summed E-state index contributed by atoms with van der Waals surface area (Å²) in [4.78, 5) is 16.1. The Labute approximate surface area is 150 Å². The molecule has 2 heterocycles. The van der Waals surface area contributed by atoms with Gasteiger partial charge in [0.15, 0.2) is 5.82 Å². The number of nitrogens with two attached hydrogens (primary N) is 2. The normalized spacial score (nSPS) is 20.4. The second-order valence-electron chi connectivity index (χ2n) is 6.28. The highest BCUT2D eigenvalue weighted by atomic mass is 32.1. The summed E-state index contributed by atoms with van der Waals surface area (Å²) in [5.74, 6) is -0.354. The Morgan fingerprint density at radius 3 is 2.72 bits per heavy atom. The molecule has 1 aliphatic carbocycles. The first kappa shape index (κ1) is 17.8. The maximum Gasteiger partial charge on any atom is 0.250 e. The van der Waals surface area contributed by atoms with Crippen LogP contribution in [0.4, 0.5) is 15.9 Å². The van der Waals surface area contributed by atoms with Crippen molar-refractivity contribution in [3.8, 4) is 0 Å². The first-order valence-electron chi connectivity index (χ1n) is 8.28. The van der Waals surface area contributed by atoms with E-state index in [1.807, 2.05) is 0 Å². The van der Waals surface area contributed by atoms with Crippen LogP contribution in [0.25, 0.3) is 0 Å². The fraction of sp³-hybridized carbons (Fsp3) is 0.412. The number of rotatable bonds is 5. The molecule has 1 amide bonds. The van der Waals surface area contributed by atoms with Crippen molar-refractivity contribution in [2.45, 2.75) is 44.7 Å². The lowest BCUT2D eigenvalue weighted by molar-refractivity contribution is 0.1000. The molecule has 0 spiro atoms. The van der Waals surface area contributed by atoms with Crippen LogP contribution in [-0.4, -0.2) is 23.0 Å². The molecule has 2 aromatic rings. The highest BCUT2D eigenvalue weighted by Crippen LogP contribution is 2.32. The third-order valence-corrected chi connectivity index (χ3v) is 5.37. The van der Waals surface area contributed by atoms with Gasteiger partial charge in [0.05, 0.1) is 5.56 Å². The molecule has 25 heavy (non-hydrogen) atoms. The van der Waals surface area contributed by atoms with Crippen LogP contribution in [0.1, 0.15) is 40.9 Å². The molecule has 3 rings (SSSR count). The average Bonchev–Trinajstić information content (AvgIpc) is 2.93. The van der Waals surface area contributed by atoms with E-state index in [2.05, 4.69) is 10.4 Å². The fourth-order valence-electron chi connectivity index (χ4n) is 2.99. The number of hydrogen-bond acceptors (Lipinski definition) is 6. The van der Waals surface area contributed by atoms with Crippen LogP contribution in [0.3, 0.4) is 0 Å². The zero-order valence-electron chi connectivity index (χ0n) is 14.0. The molecule has 0 saturated heterocycles. The third kappa shape index (κ3) is 3.81. The predicted molar refractivity (Wildman–Crippen MR) is 97.3 cm³/mol. The van der Waals surface area contributed by atoms with Gasteiger partial charge in [0.1, 0.15) is 11.5 Å². The van der Waals surface area contributed by atoms with Gasteiger partial charge in [0, 0.05) is 28.5 Å². The summed E-state index contributed by atoms with van der Waals surface area (Å²) in [6, 6.07) is 3.26. The third-order valence-electron chi connectivity index (χ3n) is 4.50. The zero-order chi connectivity index (χ0) is 18.0. The number of pyridine rings is 1. The summed E-state index contributed by atoms with van der Waals surface area (Å²) < 4.78 is 14.6. The molecular formula is C17H22FN5OS. The van der Waals surface area contributed by atoms with Crippen molar-refractivity contribution in [3.05, 3.63) is 40.0 Å². The Bertz CT molecular complexity index is 748. The van der Waals surface area contributed by atoms with Crippen molar-refractivity contribution in [2.75, 3.05) is 5.01 Å². The van der Waals surface area contributed by atoms with Crippen LogP contribution in [0.5, 0.6) is 0 Å². The van der Waals surface area contributed by atoms with E-state index in [-0.39, 0.29) is 17.9 Å². The minimum atomic E-state index is -0.551. The van der Waals surface area contributed by atoms with Crippen molar-refractivity contribution in [1.82, 2.24) is 10.4 Å². The van der Waals surface area contributed by atoms with Gasteiger partial charge in [0.25, 0.3) is 0 Å². The van der Waals surface area contributed by atoms with Gasteiger partial charge in [-0.3, -0.25) is 9.80 Å². The van der Waals surface area contributed by atoms with Crippen molar-refractivity contribution in [2.24, 2.45) is 11.5 Å². The summed E-state index contributed by atoms with van der Waals surface area (Å²) in [5.41, 5.74) is 15.5. The Morgan fingerprint density at radius 2 is 2.16 bits per heavy atom. The number of nitrogens with one attached hydrogen (secondary N) is 1. The lowest BCUT2D eigenvalue weighted by atomic mass is 9.91. The Morgan fingerprint density at radius 1 is 1.40 bits per heavy atom. The average molecular weight is 363 g/mol. The van der Waals surface area contributed by atoms with E-state index >= 15 is 0 Å². The maximum atomic E-state index is 14.6. The molecule has 5 N–H and O–H groups in total. The number of anilines is 2. The molecule has 6 nitrogen and oxygen atoms in total. The first-order chi connectivity index (χ1) is 12.0. The van der Waals surface area contributed by atoms with Crippen LogP contribution in [0.15, 0.2) is 23.7 Å². The largest absolute Gasteiger partial charge is 0.366 e. The number of halogens is 1. The van der Waals surface area contributed by atoms with Crippen molar-refractivity contribution < 1.29 is 9.18 Å². The number of aryl methyl sites for hydroxylation is 1. The highest BCUT2D eigenvalue weighted by Gasteiger charge is 2.27. The number of primary amides is 1. The predicted octanol–water partition coefficient (Wildman–Crippen LogP) is 2.60. The minimum Gasteiger partial charge on any atom is -0.366 e. The first-order valence-corrected chi connectivity index (χ1v) is 9.16. The van der Waals surface area contributed by atoms with E-state index in [0.717, 1.165) is 25.7 Å². The molecule has 134 valence electrons. The highest BCUT2D eigenvalue weighted by molar-refractivity contribution is 7.10. The van der Waals surface area contributed by atoms with Crippen molar-refractivity contribution in [1.29, 1.82) is 0 Å². The van der Waals surface area contributed by atoms with Gasteiger partial charge in [-0.2, -0.15) is 0 Å². The molecule has 0 aromatic carbocycles. The van der Waals surface area contributed by atoms with Crippen LogP contribution in [0.2, 0.25) is 0 Å². The maximum absolute atomic E-state index is 14.6. The number of aromatic nitrogens is 1. The fourth-order valence-corrected chi connectivity index (χ4v) is 3.69. The smallest absolute Gasteiger partial charge is 0.250 e. The molecule has 8 heteroatoms. The molecule has 2 atom stereocenters. The van der Waals surface area contributed by atoms with E-state index in [1.54, 1.807) is 29.4 Å². The Hall–Kier alpha value is -2.03. The van der Waals surface area contributed by atoms with E-state index in [0.29, 0.717) is 21.9 Å². The molecule has 1 saturated carbocycles. The SMILES string of the molecule is Cc1scc(N(NC2CCCCC2N)c2ccc(C(N)=O)cn2)c1F. The van der Waals surface area contributed by atoms with Crippen molar-refractivity contribution in [3.63, 3.8) is 0 Å². The molecule has 0 radical (unpaired) electrons. The van der Waals surface area contributed by atoms with E-state index < -0.39 is 5.91 Å². The van der Waals surface area contributed by atoms with Gasteiger partial charge in [-0.25, -0.2) is 14.8 Å². The standard InChI is InChI=1S/C17H22FN5OS/c1-10-16(18)14(9-25-10)23(22-13-5-3-2-4-12(13)19)15-7-6-11(8-21-15)17(20)24/h6-9,12-13,22H,2-5,19H2,1H3,(H2,20,24). The van der Waals surface area contributed by atoms with Crippen LogP contribution >= 0.6 is 11.3 Å². The Balaban J connectivity index is 1.93. The number of amides is 1. The van der Waals surface area contributed by atoms with Crippen molar-refractivity contribution >= 4 is 28.7 Å². The number of nitrogens with zero attached hydrogens (tertiary/aromatic N) is 2. The molecule has 0 bridgehead atoms. The number of carbonyl (C=O) groups excluding carboxylic acids is 1. The second kappa shape index (κ2) is 7.47. The van der Waals surface area contributed by atoms with E-state index in [1.165, 1.54) is 17.5 Å². The van der Waals surface area contributed by atoms with Gasteiger partial charge in [0.2, 0.25) is 5.91 Å². The number of hydrogen-bond donors (Lipinski definition) is 3. The summed E-state index contributed by atoms with van der Waals surface area (Å²) >= 11 is 1.34. The second-order valence-corrected chi connectivity index (χ2v) is 7.36. The van der Waals surface area contributed by atoms with Gasteiger partial charge < -0.3 is 11.5 Å². The molecular weight excluding hydrogens is 341 g/mol. The lowest BCUT2D eigenvalue weighted by Crippen LogP contribution is -2.53. The monoisotopic (exact) mass is 363 g/mol. The van der Waals surface area contributed by atoms with Crippen LogP contribution < -0.4 is 21.9 Å². The molecule has 1 aliphatic rings. The topological polar surface area (TPSA) is 97.3 Å². The number of hydrazine groups is 1. The van der Waals surface area contributed by atoms with Gasteiger partial charge in [-0.1, -0.05) is 12.8 Å². The summed E-state index contributed by atoms with van der Waals surface area (Å²) in [6.45, 7) is 1.73. The van der Waals surface area contributed by atoms with Gasteiger partial charge in [-0.15, -0.1) is 11.3 Å². The van der Waals surface area contributed by atoms with Crippen LogP contribution in [0, 0.1) is 12.7 Å². The molecule has 1 fully saturated rings. The number of carbonyl (C=O) groups is 1. The number of thiophene rings is 1. The molecule has 0 aliphatic heterocycles. The molecule has 2 aromatic heterocycles. The summed E-state index contributed by atoms with van der Waals surface area (Å²) in [5, 5.41) is 3.37. The van der Waals surface area contributed by atoms with Gasteiger partial charge >= 0.3 is 0 Å². The van der Waals surface area contributed by atoms with Gasteiger partial charge in [-0.05, 0) is 31.9 Å². The zero-order valence-corrected chi connectivity index (χ0v) is 14.9.